The summed E-state index contributed by atoms with van der Waals surface area (Å²) in [6.07, 6.45) is 0.617. The van der Waals surface area contributed by atoms with Gasteiger partial charge in [0, 0.05) is 11.6 Å². The zero-order valence-corrected chi connectivity index (χ0v) is 12.1. The van der Waals surface area contributed by atoms with E-state index in [9.17, 15) is 10.2 Å². The predicted octanol–water partition coefficient (Wildman–Crippen LogP) is 2.68. The number of ether oxygens (including phenoxy) is 2. The van der Waals surface area contributed by atoms with Crippen LogP contribution in [0.5, 0.6) is 11.5 Å². The highest BCUT2D eigenvalue weighted by Gasteiger charge is 2.24. The summed E-state index contributed by atoms with van der Waals surface area (Å²) in [4.78, 5) is 0. The molecule has 0 aliphatic carbocycles. The van der Waals surface area contributed by atoms with Crippen LogP contribution in [0.25, 0.3) is 0 Å². The molecule has 1 atom stereocenters. The molecule has 1 aromatic carbocycles. The Morgan fingerprint density at radius 2 is 1.89 bits per heavy atom. The van der Waals surface area contributed by atoms with E-state index in [1.54, 1.807) is 32.2 Å². The lowest BCUT2D eigenvalue weighted by molar-refractivity contribution is -0.0122. The fourth-order valence-corrected chi connectivity index (χ4v) is 1.78. The van der Waals surface area contributed by atoms with E-state index >= 15 is 0 Å². The topological polar surface area (TPSA) is 58.9 Å². The smallest absolute Gasteiger partial charge is 0.128 e. The molecular formula is C15H24O4. The van der Waals surface area contributed by atoms with Gasteiger partial charge in [-0.05, 0) is 31.9 Å². The molecule has 19 heavy (non-hydrogen) atoms. The van der Waals surface area contributed by atoms with E-state index in [-0.39, 0.29) is 6.61 Å². The van der Waals surface area contributed by atoms with Gasteiger partial charge in [0.15, 0.2) is 0 Å². The molecule has 0 aliphatic heterocycles. The summed E-state index contributed by atoms with van der Waals surface area (Å²) in [7, 11) is 1.58. The Bertz CT molecular complexity index is 397. The average molecular weight is 268 g/mol. The molecule has 0 spiro atoms. The first-order chi connectivity index (χ1) is 8.95. The van der Waals surface area contributed by atoms with Crippen molar-refractivity contribution in [3.05, 3.63) is 23.8 Å². The van der Waals surface area contributed by atoms with Gasteiger partial charge in [-0.3, -0.25) is 0 Å². The number of benzene rings is 1. The molecule has 0 amide bonds. The lowest BCUT2D eigenvalue weighted by atomic mass is 9.99. The second-order valence-corrected chi connectivity index (χ2v) is 4.80. The van der Waals surface area contributed by atoms with E-state index in [2.05, 4.69) is 0 Å². The Hall–Kier alpha value is -1.26. The number of rotatable bonds is 7. The third kappa shape index (κ3) is 4.11. The van der Waals surface area contributed by atoms with Crippen molar-refractivity contribution in [2.75, 3.05) is 13.7 Å². The molecule has 0 saturated heterocycles. The predicted molar refractivity (Wildman–Crippen MR) is 74.7 cm³/mol. The maximum Gasteiger partial charge on any atom is 0.128 e. The number of hydrogen-bond donors (Lipinski definition) is 2. The van der Waals surface area contributed by atoms with Crippen LogP contribution in [0.4, 0.5) is 0 Å². The molecule has 4 heteroatoms. The van der Waals surface area contributed by atoms with E-state index in [1.807, 2.05) is 13.8 Å². The molecule has 0 fully saturated rings. The van der Waals surface area contributed by atoms with E-state index in [0.717, 1.165) is 0 Å². The van der Waals surface area contributed by atoms with E-state index in [1.165, 1.54) is 0 Å². The van der Waals surface area contributed by atoms with Crippen LogP contribution in [0.1, 0.15) is 45.3 Å². The molecular weight excluding hydrogens is 244 g/mol. The third-order valence-electron chi connectivity index (χ3n) is 3.48. The van der Waals surface area contributed by atoms with E-state index in [4.69, 9.17) is 9.47 Å². The Morgan fingerprint density at radius 3 is 2.37 bits per heavy atom. The first kappa shape index (κ1) is 15.8. The van der Waals surface area contributed by atoms with Gasteiger partial charge in [0.05, 0.1) is 18.8 Å². The fourth-order valence-electron chi connectivity index (χ4n) is 1.78. The van der Waals surface area contributed by atoms with Crippen molar-refractivity contribution in [3.63, 3.8) is 0 Å². The Labute approximate surface area is 115 Å². The second-order valence-electron chi connectivity index (χ2n) is 4.80. The molecule has 0 aliphatic rings. The third-order valence-corrected chi connectivity index (χ3v) is 3.48. The Kier molecular flexibility index (Phi) is 5.63. The maximum absolute atomic E-state index is 10.2. The van der Waals surface area contributed by atoms with Gasteiger partial charge in [-0.2, -0.15) is 0 Å². The first-order valence-corrected chi connectivity index (χ1v) is 6.67. The van der Waals surface area contributed by atoms with Crippen LogP contribution in [0, 0.1) is 0 Å². The summed E-state index contributed by atoms with van der Waals surface area (Å²) in [5.41, 5.74) is -0.144. The summed E-state index contributed by atoms with van der Waals surface area (Å²) in [5.74, 6) is 1.21. The SMILES string of the molecule is CCC(O)(CC)COc1cc(OC)ccc1[C@@H](C)O. The molecule has 0 saturated carbocycles. The molecule has 0 bridgehead atoms. The largest absolute Gasteiger partial charge is 0.497 e. The lowest BCUT2D eigenvalue weighted by Gasteiger charge is -2.26. The molecule has 0 radical (unpaired) electrons. The van der Waals surface area contributed by atoms with Crippen LogP contribution in [0.3, 0.4) is 0 Å². The quantitative estimate of drug-likeness (QED) is 0.798. The van der Waals surface area contributed by atoms with Gasteiger partial charge >= 0.3 is 0 Å². The highest BCUT2D eigenvalue weighted by atomic mass is 16.5. The molecule has 0 heterocycles. The average Bonchev–Trinajstić information content (AvgIpc) is 2.44. The second kappa shape index (κ2) is 6.78. The van der Waals surface area contributed by atoms with Gasteiger partial charge in [-0.1, -0.05) is 13.8 Å². The molecule has 2 N–H and O–H groups in total. The highest BCUT2D eigenvalue weighted by molar-refractivity contribution is 5.41. The summed E-state index contributed by atoms with van der Waals surface area (Å²) < 4.78 is 10.8. The van der Waals surface area contributed by atoms with Crippen molar-refractivity contribution in [1.82, 2.24) is 0 Å². The van der Waals surface area contributed by atoms with Gasteiger partial charge in [0.1, 0.15) is 18.1 Å². The van der Waals surface area contributed by atoms with Gasteiger partial charge in [-0.15, -0.1) is 0 Å². The van der Waals surface area contributed by atoms with Crippen LogP contribution < -0.4 is 9.47 Å². The van der Waals surface area contributed by atoms with Crippen molar-refractivity contribution in [2.24, 2.45) is 0 Å². The summed E-state index contributed by atoms with van der Waals surface area (Å²) >= 11 is 0. The number of methoxy groups -OCH3 is 1. The van der Waals surface area contributed by atoms with E-state index < -0.39 is 11.7 Å². The molecule has 0 unspecified atom stereocenters. The number of hydrogen-bond acceptors (Lipinski definition) is 4. The first-order valence-electron chi connectivity index (χ1n) is 6.67. The minimum Gasteiger partial charge on any atom is -0.497 e. The van der Waals surface area contributed by atoms with Gasteiger partial charge < -0.3 is 19.7 Å². The van der Waals surface area contributed by atoms with Crippen LogP contribution in [0.15, 0.2) is 18.2 Å². The normalized spacial score (nSPS) is 13.2. The Morgan fingerprint density at radius 1 is 1.26 bits per heavy atom. The molecule has 0 aromatic heterocycles. The number of aliphatic hydroxyl groups excluding tert-OH is 1. The van der Waals surface area contributed by atoms with Crippen molar-refractivity contribution in [1.29, 1.82) is 0 Å². The van der Waals surface area contributed by atoms with Crippen LogP contribution in [-0.4, -0.2) is 29.5 Å². The summed E-state index contributed by atoms with van der Waals surface area (Å²) in [5, 5.41) is 20.0. The molecule has 1 rings (SSSR count). The van der Waals surface area contributed by atoms with Crippen LogP contribution in [0.2, 0.25) is 0 Å². The zero-order chi connectivity index (χ0) is 14.5. The number of aliphatic hydroxyl groups is 2. The van der Waals surface area contributed by atoms with Gasteiger partial charge in [-0.25, -0.2) is 0 Å². The van der Waals surface area contributed by atoms with Gasteiger partial charge in [0.25, 0.3) is 0 Å². The summed E-state index contributed by atoms with van der Waals surface area (Å²) in [6.45, 7) is 5.73. The van der Waals surface area contributed by atoms with Crippen molar-refractivity contribution < 1.29 is 19.7 Å². The minimum atomic E-state index is -0.834. The fraction of sp³-hybridized carbons (Fsp3) is 0.600. The molecule has 1 aromatic rings. The molecule has 108 valence electrons. The monoisotopic (exact) mass is 268 g/mol. The lowest BCUT2D eigenvalue weighted by Crippen LogP contribution is -2.34. The summed E-state index contributed by atoms with van der Waals surface area (Å²) in [6, 6.07) is 5.28. The minimum absolute atomic E-state index is 0.201. The van der Waals surface area contributed by atoms with Crippen LogP contribution >= 0.6 is 0 Å². The standard InChI is InChI=1S/C15H24O4/c1-5-15(17,6-2)10-19-14-9-12(18-4)7-8-13(14)11(3)16/h7-9,11,16-17H,5-6,10H2,1-4H3/t11-/m1/s1. The Balaban J connectivity index is 2.91. The molecule has 4 nitrogen and oxygen atoms in total. The van der Waals surface area contributed by atoms with Crippen molar-refractivity contribution >= 4 is 0 Å². The highest BCUT2D eigenvalue weighted by Crippen LogP contribution is 2.30. The van der Waals surface area contributed by atoms with Crippen molar-refractivity contribution in [2.45, 2.75) is 45.3 Å². The van der Waals surface area contributed by atoms with Crippen LogP contribution in [-0.2, 0) is 0 Å². The maximum atomic E-state index is 10.2. The van der Waals surface area contributed by atoms with Crippen molar-refractivity contribution in [3.8, 4) is 11.5 Å². The van der Waals surface area contributed by atoms with E-state index in [0.29, 0.717) is 29.9 Å². The zero-order valence-electron chi connectivity index (χ0n) is 12.1. The van der Waals surface area contributed by atoms with Gasteiger partial charge in [0.2, 0.25) is 0 Å².